The molecule has 1 aromatic carbocycles. The van der Waals surface area contributed by atoms with Crippen LogP contribution >= 0.6 is 0 Å². The SMILES string of the molecule is CCOc1ccc(-n2c(C)cc(/C=N\NC(=O)c3ccncc3)c2C)cc1. The number of benzene rings is 1. The average molecular weight is 362 g/mol. The highest BCUT2D eigenvalue weighted by atomic mass is 16.5. The molecule has 0 saturated carbocycles. The van der Waals surface area contributed by atoms with Crippen molar-refractivity contribution in [2.75, 3.05) is 6.61 Å². The number of pyridine rings is 1. The Labute approximate surface area is 158 Å². The molecule has 0 aliphatic heterocycles. The van der Waals surface area contributed by atoms with Gasteiger partial charge in [-0.1, -0.05) is 0 Å². The molecule has 0 radical (unpaired) electrons. The van der Waals surface area contributed by atoms with Crippen LogP contribution in [0.25, 0.3) is 5.69 Å². The first-order valence-electron chi connectivity index (χ1n) is 8.75. The highest BCUT2D eigenvalue weighted by Gasteiger charge is 2.10. The van der Waals surface area contributed by atoms with E-state index >= 15 is 0 Å². The first kappa shape index (κ1) is 18.4. The monoisotopic (exact) mass is 362 g/mol. The molecule has 0 bridgehead atoms. The summed E-state index contributed by atoms with van der Waals surface area (Å²) in [6, 6.07) is 13.3. The van der Waals surface area contributed by atoms with Gasteiger partial charge in [-0.25, -0.2) is 5.43 Å². The summed E-state index contributed by atoms with van der Waals surface area (Å²) < 4.78 is 7.64. The predicted molar refractivity (Wildman–Crippen MR) is 106 cm³/mol. The lowest BCUT2D eigenvalue weighted by Crippen LogP contribution is -2.17. The van der Waals surface area contributed by atoms with Gasteiger partial charge in [0.25, 0.3) is 5.91 Å². The smallest absolute Gasteiger partial charge is 0.271 e. The Bertz CT molecular complexity index is 944. The van der Waals surface area contributed by atoms with Gasteiger partial charge in [-0.15, -0.1) is 0 Å². The van der Waals surface area contributed by atoms with E-state index in [1.807, 2.05) is 51.1 Å². The van der Waals surface area contributed by atoms with Crippen LogP contribution < -0.4 is 10.2 Å². The first-order valence-corrected chi connectivity index (χ1v) is 8.75. The van der Waals surface area contributed by atoms with E-state index in [0.717, 1.165) is 28.4 Å². The Morgan fingerprint density at radius 3 is 2.56 bits per heavy atom. The molecule has 2 heterocycles. The number of hydrogen-bond acceptors (Lipinski definition) is 4. The second-order valence-electron chi connectivity index (χ2n) is 6.02. The molecule has 1 N–H and O–H groups in total. The van der Waals surface area contributed by atoms with E-state index in [1.165, 1.54) is 0 Å². The standard InChI is InChI=1S/C21H22N4O2/c1-4-27-20-7-5-19(6-8-20)25-15(2)13-18(16(25)3)14-23-24-21(26)17-9-11-22-12-10-17/h5-14H,4H2,1-3H3,(H,24,26)/b23-14-. The number of ether oxygens (including phenoxy) is 1. The Morgan fingerprint density at radius 2 is 1.89 bits per heavy atom. The molecule has 0 fully saturated rings. The van der Waals surface area contributed by atoms with Crippen LogP contribution in [-0.2, 0) is 0 Å². The molecule has 0 aliphatic rings. The van der Waals surface area contributed by atoms with Gasteiger partial charge in [0, 0.05) is 40.6 Å². The minimum atomic E-state index is -0.269. The summed E-state index contributed by atoms with van der Waals surface area (Å²) in [6.07, 6.45) is 4.80. The van der Waals surface area contributed by atoms with Crippen LogP contribution in [0.5, 0.6) is 5.75 Å². The number of aryl methyl sites for hydroxylation is 1. The Kier molecular flexibility index (Phi) is 5.66. The number of nitrogens with one attached hydrogen (secondary N) is 1. The van der Waals surface area contributed by atoms with Crippen LogP contribution in [0, 0.1) is 13.8 Å². The van der Waals surface area contributed by atoms with Crippen molar-refractivity contribution in [1.82, 2.24) is 15.0 Å². The number of carbonyl (C=O) groups is 1. The van der Waals surface area contributed by atoms with Gasteiger partial charge in [0.15, 0.2) is 0 Å². The molecule has 6 heteroatoms. The largest absolute Gasteiger partial charge is 0.494 e. The van der Waals surface area contributed by atoms with Crippen molar-refractivity contribution < 1.29 is 9.53 Å². The van der Waals surface area contributed by atoms with Gasteiger partial charge in [0.05, 0.1) is 12.8 Å². The van der Waals surface area contributed by atoms with Crippen molar-refractivity contribution in [2.24, 2.45) is 5.10 Å². The fraction of sp³-hybridized carbons (Fsp3) is 0.190. The molecule has 0 saturated heterocycles. The number of carbonyl (C=O) groups excluding carboxylic acids is 1. The Balaban J connectivity index is 1.76. The van der Waals surface area contributed by atoms with Gasteiger partial charge in [-0.3, -0.25) is 9.78 Å². The lowest BCUT2D eigenvalue weighted by Gasteiger charge is -2.10. The Morgan fingerprint density at radius 1 is 1.19 bits per heavy atom. The van der Waals surface area contributed by atoms with Crippen molar-refractivity contribution in [3.05, 3.63) is 77.4 Å². The van der Waals surface area contributed by atoms with Crippen LogP contribution in [-0.4, -0.2) is 28.3 Å². The minimum Gasteiger partial charge on any atom is -0.494 e. The van der Waals surface area contributed by atoms with Crippen molar-refractivity contribution in [1.29, 1.82) is 0 Å². The maximum Gasteiger partial charge on any atom is 0.271 e. The van der Waals surface area contributed by atoms with Crippen molar-refractivity contribution in [3.8, 4) is 11.4 Å². The normalized spacial score (nSPS) is 10.9. The van der Waals surface area contributed by atoms with Crippen molar-refractivity contribution in [3.63, 3.8) is 0 Å². The lowest BCUT2D eigenvalue weighted by molar-refractivity contribution is 0.0955. The summed E-state index contributed by atoms with van der Waals surface area (Å²) in [5.41, 5.74) is 7.17. The number of aromatic nitrogens is 2. The van der Waals surface area contributed by atoms with E-state index < -0.39 is 0 Å². The third-order valence-corrected chi connectivity index (χ3v) is 4.19. The summed E-state index contributed by atoms with van der Waals surface area (Å²) >= 11 is 0. The van der Waals surface area contributed by atoms with Gasteiger partial charge >= 0.3 is 0 Å². The summed E-state index contributed by atoms with van der Waals surface area (Å²) in [5, 5.41) is 4.09. The number of hydrazone groups is 1. The van der Waals surface area contributed by atoms with Gasteiger partial charge in [-0.05, 0) is 63.2 Å². The van der Waals surface area contributed by atoms with E-state index in [0.29, 0.717) is 12.2 Å². The number of rotatable bonds is 6. The highest BCUT2D eigenvalue weighted by Crippen LogP contribution is 2.22. The molecule has 1 amide bonds. The van der Waals surface area contributed by atoms with E-state index in [9.17, 15) is 4.79 Å². The van der Waals surface area contributed by atoms with E-state index in [4.69, 9.17) is 4.74 Å². The van der Waals surface area contributed by atoms with Crippen LogP contribution in [0.3, 0.4) is 0 Å². The Hall–Kier alpha value is -3.41. The van der Waals surface area contributed by atoms with Gasteiger partial charge < -0.3 is 9.30 Å². The quantitative estimate of drug-likeness (QED) is 0.537. The zero-order chi connectivity index (χ0) is 19.2. The zero-order valence-corrected chi connectivity index (χ0v) is 15.6. The molecular weight excluding hydrogens is 340 g/mol. The van der Waals surface area contributed by atoms with Gasteiger partial charge in [0.1, 0.15) is 5.75 Å². The number of nitrogens with zero attached hydrogens (tertiary/aromatic N) is 3. The minimum absolute atomic E-state index is 0.269. The van der Waals surface area contributed by atoms with Crippen LogP contribution in [0.4, 0.5) is 0 Å². The topological polar surface area (TPSA) is 68.5 Å². The molecule has 138 valence electrons. The highest BCUT2D eigenvalue weighted by molar-refractivity contribution is 5.94. The fourth-order valence-electron chi connectivity index (χ4n) is 2.90. The van der Waals surface area contributed by atoms with Crippen LogP contribution in [0.15, 0.2) is 60.0 Å². The molecule has 27 heavy (non-hydrogen) atoms. The first-order chi connectivity index (χ1) is 13.1. The molecule has 2 aromatic heterocycles. The second kappa shape index (κ2) is 8.31. The van der Waals surface area contributed by atoms with E-state index in [2.05, 4.69) is 20.1 Å². The number of amides is 1. The second-order valence-corrected chi connectivity index (χ2v) is 6.02. The molecular formula is C21H22N4O2. The molecule has 0 aliphatic carbocycles. The molecule has 0 unspecified atom stereocenters. The molecule has 3 rings (SSSR count). The van der Waals surface area contributed by atoms with E-state index in [-0.39, 0.29) is 5.91 Å². The van der Waals surface area contributed by atoms with Crippen molar-refractivity contribution in [2.45, 2.75) is 20.8 Å². The zero-order valence-electron chi connectivity index (χ0n) is 15.6. The van der Waals surface area contributed by atoms with Crippen molar-refractivity contribution >= 4 is 12.1 Å². The van der Waals surface area contributed by atoms with Crippen LogP contribution in [0.1, 0.15) is 34.2 Å². The molecule has 0 spiro atoms. The summed E-state index contributed by atoms with van der Waals surface area (Å²) in [7, 11) is 0. The number of hydrogen-bond donors (Lipinski definition) is 1. The van der Waals surface area contributed by atoms with Gasteiger partial charge in [-0.2, -0.15) is 5.10 Å². The fourth-order valence-corrected chi connectivity index (χ4v) is 2.90. The summed E-state index contributed by atoms with van der Waals surface area (Å²) in [6.45, 7) is 6.67. The summed E-state index contributed by atoms with van der Waals surface area (Å²) in [4.78, 5) is 15.9. The average Bonchev–Trinajstić information content (AvgIpc) is 2.97. The molecule has 0 atom stereocenters. The molecule has 3 aromatic rings. The lowest BCUT2D eigenvalue weighted by atomic mass is 10.2. The van der Waals surface area contributed by atoms with Gasteiger partial charge in [0.2, 0.25) is 0 Å². The van der Waals surface area contributed by atoms with Crippen LogP contribution in [0.2, 0.25) is 0 Å². The summed E-state index contributed by atoms with van der Waals surface area (Å²) in [5.74, 6) is 0.582. The third kappa shape index (κ3) is 4.23. The third-order valence-electron chi connectivity index (χ3n) is 4.19. The van der Waals surface area contributed by atoms with E-state index in [1.54, 1.807) is 30.7 Å². The maximum absolute atomic E-state index is 12.0. The maximum atomic E-state index is 12.0. The molecule has 6 nitrogen and oxygen atoms in total. The predicted octanol–water partition coefficient (Wildman–Crippen LogP) is 3.65.